The third-order valence-corrected chi connectivity index (χ3v) is 2.99. The smallest absolute Gasteiger partial charge is 0.0441 e. The van der Waals surface area contributed by atoms with E-state index < -0.39 is 0 Å². The SMILES string of the molecule is Clc1ccccc1C1CCCNC1. The van der Waals surface area contributed by atoms with Gasteiger partial charge in [0.2, 0.25) is 0 Å². The molecule has 1 heterocycles. The topological polar surface area (TPSA) is 12.0 Å². The van der Waals surface area contributed by atoms with Gasteiger partial charge >= 0.3 is 0 Å². The molecule has 0 saturated carbocycles. The van der Waals surface area contributed by atoms with Crippen LogP contribution in [0.2, 0.25) is 5.02 Å². The van der Waals surface area contributed by atoms with Crippen LogP contribution in [0.15, 0.2) is 24.3 Å². The van der Waals surface area contributed by atoms with Crippen LogP contribution in [0.3, 0.4) is 0 Å². The van der Waals surface area contributed by atoms with E-state index in [2.05, 4.69) is 17.4 Å². The van der Waals surface area contributed by atoms with Crippen molar-refractivity contribution in [2.45, 2.75) is 18.8 Å². The molecular formula is C11H14ClN. The molecule has 2 rings (SSSR count). The van der Waals surface area contributed by atoms with Crippen LogP contribution in [0, 0.1) is 0 Å². The maximum Gasteiger partial charge on any atom is 0.0441 e. The van der Waals surface area contributed by atoms with Gasteiger partial charge in [-0.25, -0.2) is 0 Å². The molecule has 1 aromatic carbocycles. The van der Waals surface area contributed by atoms with Crippen molar-refractivity contribution in [2.75, 3.05) is 13.1 Å². The summed E-state index contributed by atoms with van der Waals surface area (Å²) < 4.78 is 0. The average molecular weight is 196 g/mol. The van der Waals surface area contributed by atoms with Crippen LogP contribution in [0.1, 0.15) is 24.3 Å². The number of rotatable bonds is 1. The Bertz CT molecular complexity index is 279. The highest BCUT2D eigenvalue weighted by atomic mass is 35.5. The highest BCUT2D eigenvalue weighted by Crippen LogP contribution is 2.28. The first-order valence-corrected chi connectivity index (χ1v) is 5.21. The summed E-state index contributed by atoms with van der Waals surface area (Å²) in [4.78, 5) is 0. The summed E-state index contributed by atoms with van der Waals surface area (Å²) in [5, 5.41) is 4.32. The third kappa shape index (κ3) is 2.04. The molecule has 13 heavy (non-hydrogen) atoms. The summed E-state index contributed by atoms with van der Waals surface area (Å²) >= 11 is 6.13. The van der Waals surface area contributed by atoms with Gasteiger partial charge in [0.1, 0.15) is 0 Å². The summed E-state index contributed by atoms with van der Waals surface area (Å²) in [5.41, 5.74) is 1.30. The largest absolute Gasteiger partial charge is 0.316 e. The standard InChI is InChI=1S/C11H14ClN/c12-11-6-2-1-5-10(11)9-4-3-7-13-8-9/h1-2,5-6,9,13H,3-4,7-8H2. The summed E-state index contributed by atoms with van der Waals surface area (Å²) in [7, 11) is 0. The first-order valence-electron chi connectivity index (χ1n) is 4.83. The Balaban J connectivity index is 2.18. The molecule has 0 aromatic heterocycles. The number of hydrogen-bond acceptors (Lipinski definition) is 1. The second-order valence-electron chi connectivity index (χ2n) is 3.56. The van der Waals surface area contributed by atoms with Crippen molar-refractivity contribution < 1.29 is 0 Å². The monoisotopic (exact) mass is 195 g/mol. The van der Waals surface area contributed by atoms with Gasteiger partial charge in [-0.1, -0.05) is 29.8 Å². The van der Waals surface area contributed by atoms with E-state index in [0.717, 1.165) is 18.1 Å². The molecule has 0 spiro atoms. The normalized spacial score (nSPS) is 23.0. The zero-order valence-corrected chi connectivity index (χ0v) is 8.35. The zero-order chi connectivity index (χ0) is 9.10. The molecule has 1 N–H and O–H groups in total. The molecule has 2 heteroatoms. The Hall–Kier alpha value is -0.530. The quantitative estimate of drug-likeness (QED) is 0.727. The molecule has 1 fully saturated rings. The molecule has 1 unspecified atom stereocenters. The Morgan fingerprint density at radius 2 is 2.15 bits per heavy atom. The second kappa shape index (κ2) is 4.12. The first kappa shape index (κ1) is 9.04. The van der Waals surface area contributed by atoms with Crippen LogP contribution in [0.5, 0.6) is 0 Å². The zero-order valence-electron chi connectivity index (χ0n) is 7.59. The van der Waals surface area contributed by atoms with Crippen LogP contribution >= 0.6 is 11.6 Å². The minimum absolute atomic E-state index is 0.613. The summed E-state index contributed by atoms with van der Waals surface area (Å²) in [5.74, 6) is 0.613. The van der Waals surface area contributed by atoms with Gasteiger partial charge in [-0.05, 0) is 36.9 Å². The van der Waals surface area contributed by atoms with Crippen molar-refractivity contribution in [3.8, 4) is 0 Å². The van der Waals surface area contributed by atoms with Crippen molar-refractivity contribution in [2.24, 2.45) is 0 Å². The summed E-state index contributed by atoms with van der Waals surface area (Å²) in [6.45, 7) is 2.23. The number of halogens is 1. The van der Waals surface area contributed by atoms with Crippen LogP contribution in [-0.2, 0) is 0 Å². The van der Waals surface area contributed by atoms with E-state index in [9.17, 15) is 0 Å². The lowest BCUT2D eigenvalue weighted by Crippen LogP contribution is -2.28. The Morgan fingerprint density at radius 1 is 1.31 bits per heavy atom. The van der Waals surface area contributed by atoms with E-state index in [1.54, 1.807) is 0 Å². The van der Waals surface area contributed by atoms with Crippen LogP contribution in [0.4, 0.5) is 0 Å². The highest BCUT2D eigenvalue weighted by Gasteiger charge is 2.16. The van der Waals surface area contributed by atoms with Gasteiger partial charge in [-0.2, -0.15) is 0 Å². The summed E-state index contributed by atoms with van der Waals surface area (Å²) in [6.07, 6.45) is 2.52. The maximum absolute atomic E-state index is 6.13. The average Bonchev–Trinajstić information content (AvgIpc) is 2.20. The molecule has 1 aliphatic heterocycles. The van der Waals surface area contributed by atoms with Crippen molar-refractivity contribution in [3.63, 3.8) is 0 Å². The van der Waals surface area contributed by atoms with Crippen molar-refractivity contribution >= 4 is 11.6 Å². The Kier molecular flexibility index (Phi) is 2.87. The maximum atomic E-state index is 6.13. The molecule has 70 valence electrons. The molecule has 0 radical (unpaired) electrons. The predicted octanol–water partition coefficient (Wildman–Crippen LogP) is 2.81. The molecular weight excluding hydrogens is 182 g/mol. The van der Waals surface area contributed by atoms with Crippen molar-refractivity contribution in [3.05, 3.63) is 34.9 Å². The van der Waals surface area contributed by atoms with E-state index in [0.29, 0.717) is 5.92 Å². The van der Waals surface area contributed by atoms with E-state index in [1.807, 2.05) is 12.1 Å². The second-order valence-corrected chi connectivity index (χ2v) is 3.97. The lowest BCUT2D eigenvalue weighted by molar-refractivity contribution is 0.462. The molecule has 1 aromatic rings. The van der Waals surface area contributed by atoms with Crippen LogP contribution < -0.4 is 5.32 Å². The van der Waals surface area contributed by atoms with E-state index in [4.69, 9.17) is 11.6 Å². The molecule has 1 saturated heterocycles. The first-order chi connectivity index (χ1) is 6.38. The molecule has 1 atom stereocenters. The Labute approximate surface area is 84.1 Å². The highest BCUT2D eigenvalue weighted by molar-refractivity contribution is 6.31. The number of piperidine rings is 1. The minimum atomic E-state index is 0.613. The van der Waals surface area contributed by atoms with Gasteiger partial charge in [0.15, 0.2) is 0 Å². The minimum Gasteiger partial charge on any atom is -0.316 e. The molecule has 0 bridgehead atoms. The molecule has 0 aliphatic carbocycles. The van der Waals surface area contributed by atoms with Gasteiger partial charge in [-0.3, -0.25) is 0 Å². The number of hydrogen-bond donors (Lipinski definition) is 1. The van der Waals surface area contributed by atoms with E-state index in [-0.39, 0.29) is 0 Å². The van der Waals surface area contributed by atoms with Gasteiger partial charge in [0.25, 0.3) is 0 Å². The third-order valence-electron chi connectivity index (χ3n) is 2.64. The lowest BCUT2D eigenvalue weighted by Gasteiger charge is -2.23. The molecule has 0 amide bonds. The van der Waals surface area contributed by atoms with Gasteiger partial charge < -0.3 is 5.32 Å². The fourth-order valence-electron chi connectivity index (χ4n) is 1.92. The van der Waals surface area contributed by atoms with Gasteiger partial charge in [0, 0.05) is 11.6 Å². The molecule has 1 aliphatic rings. The fourth-order valence-corrected chi connectivity index (χ4v) is 2.21. The Morgan fingerprint density at radius 3 is 2.85 bits per heavy atom. The number of nitrogens with one attached hydrogen (secondary N) is 1. The van der Waals surface area contributed by atoms with Gasteiger partial charge in [-0.15, -0.1) is 0 Å². The van der Waals surface area contributed by atoms with E-state index in [1.165, 1.54) is 18.4 Å². The number of benzene rings is 1. The fraction of sp³-hybridized carbons (Fsp3) is 0.455. The molecule has 1 nitrogen and oxygen atoms in total. The summed E-state index contributed by atoms with van der Waals surface area (Å²) in [6, 6.07) is 8.17. The van der Waals surface area contributed by atoms with Crippen molar-refractivity contribution in [1.82, 2.24) is 5.32 Å². The van der Waals surface area contributed by atoms with E-state index >= 15 is 0 Å². The predicted molar refractivity (Wildman–Crippen MR) is 56.3 cm³/mol. The lowest BCUT2D eigenvalue weighted by atomic mass is 9.92. The van der Waals surface area contributed by atoms with Gasteiger partial charge in [0.05, 0.1) is 0 Å². The van der Waals surface area contributed by atoms with Crippen LogP contribution in [0.25, 0.3) is 0 Å². The van der Waals surface area contributed by atoms with Crippen molar-refractivity contribution in [1.29, 1.82) is 0 Å². The van der Waals surface area contributed by atoms with Crippen LogP contribution in [-0.4, -0.2) is 13.1 Å².